The summed E-state index contributed by atoms with van der Waals surface area (Å²) in [7, 11) is 0. The summed E-state index contributed by atoms with van der Waals surface area (Å²) in [6.45, 7) is 1.54. The molecular weight excluding hydrogens is 375 g/mol. The van der Waals surface area contributed by atoms with Crippen LogP contribution in [0.5, 0.6) is 0 Å². The maximum Gasteiger partial charge on any atom is 0.416 e. The van der Waals surface area contributed by atoms with Gasteiger partial charge in [-0.25, -0.2) is 9.78 Å². The second-order valence-corrected chi connectivity index (χ2v) is 6.27. The normalized spacial score (nSPS) is 15.0. The third-order valence-electron chi connectivity index (χ3n) is 4.29. The molecule has 1 aromatic carbocycles. The second kappa shape index (κ2) is 6.98. The number of urea groups is 1. The predicted octanol–water partition coefficient (Wildman–Crippen LogP) is 2.80. The Morgan fingerprint density at radius 3 is 2.68 bits per heavy atom. The van der Waals surface area contributed by atoms with Crippen LogP contribution >= 0.6 is 0 Å². The fourth-order valence-corrected chi connectivity index (χ4v) is 2.90. The Hall–Kier alpha value is -3.37. The summed E-state index contributed by atoms with van der Waals surface area (Å²) in [5.74, 6) is 0.750. The lowest BCUT2D eigenvalue weighted by atomic mass is 10.2. The van der Waals surface area contributed by atoms with Crippen LogP contribution in [0.2, 0.25) is 0 Å². The average molecular weight is 391 g/mol. The minimum Gasteiger partial charge on any atom is -0.338 e. The maximum absolute atomic E-state index is 12.7. The number of carbonyl (C=O) groups is 1. The molecule has 0 unspecified atom stereocenters. The molecule has 1 saturated heterocycles. The Balaban J connectivity index is 1.55. The first-order valence-corrected chi connectivity index (χ1v) is 8.58. The van der Waals surface area contributed by atoms with Gasteiger partial charge in [0.15, 0.2) is 11.5 Å². The number of amides is 2. The van der Waals surface area contributed by atoms with Crippen LogP contribution in [0.3, 0.4) is 0 Å². The Labute approximate surface area is 157 Å². The highest BCUT2D eigenvalue weighted by Gasteiger charge is 2.30. The van der Waals surface area contributed by atoms with Crippen LogP contribution in [0.25, 0.3) is 5.65 Å². The fraction of sp³-hybridized carbons (Fsp3) is 0.294. The number of nitrogens with zero attached hydrogens (tertiary/aromatic N) is 5. The number of carbonyl (C=O) groups excluding carboxylic acids is 1. The number of hydrogen-bond donors (Lipinski definition) is 2. The van der Waals surface area contributed by atoms with Gasteiger partial charge in [-0.1, -0.05) is 0 Å². The molecule has 1 fully saturated rings. The van der Waals surface area contributed by atoms with Crippen molar-refractivity contribution in [3.8, 4) is 0 Å². The molecule has 0 radical (unpaired) electrons. The molecule has 4 rings (SSSR count). The van der Waals surface area contributed by atoms with Crippen molar-refractivity contribution in [3.05, 3.63) is 47.9 Å². The summed E-state index contributed by atoms with van der Waals surface area (Å²) in [5, 5.41) is 9.98. The van der Waals surface area contributed by atoms with E-state index in [1.807, 2.05) is 0 Å². The zero-order valence-corrected chi connectivity index (χ0v) is 14.6. The molecule has 1 aliphatic heterocycles. The highest BCUT2D eigenvalue weighted by Crippen LogP contribution is 2.30. The summed E-state index contributed by atoms with van der Waals surface area (Å²) in [5.41, 5.74) is 0.206. The number of fused-ring (bicyclic) bond motifs is 1. The Morgan fingerprint density at radius 2 is 1.96 bits per heavy atom. The molecule has 3 heterocycles. The van der Waals surface area contributed by atoms with Crippen LogP contribution in [-0.2, 0) is 12.7 Å². The smallest absolute Gasteiger partial charge is 0.338 e. The number of benzene rings is 1. The summed E-state index contributed by atoms with van der Waals surface area (Å²) >= 11 is 0. The van der Waals surface area contributed by atoms with Crippen LogP contribution in [0.15, 0.2) is 36.5 Å². The zero-order valence-electron chi connectivity index (χ0n) is 14.6. The van der Waals surface area contributed by atoms with E-state index in [2.05, 4.69) is 25.7 Å². The molecular formula is C17H16F3N7O. The highest BCUT2D eigenvalue weighted by molar-refractivity contribution is 5.74. The summed E-state index contributed by atoms with van der Waals surface area (Å²) in [6, 6.07) is 6.09. The van der Waals surface area contributed by atoms with E-state index in [1.54, 1.807) is 17.2 Å². The molecule has 0 aliphatic carbocycles. The van der Waals surface area contributed by atoms with E-state index in [0.717, 1.165) is 18.6 Å². The van der Waals surface area contributed by atoms with Gasteiger partial charge in [-0.2, -0.15) is 22.7 Å². The maximum atomic E-state index is 12.7. The SMILES string of the molecule is O=C1NCCCN1Cc1nccc2nc(Nc3ccc(C(F)(F)F)cc3)nn12. The van der Waals surface area contributed by atoms with E-state index in [0.29, 0.717) is 30.2 Å². The molecule has 1 aliphatic rings. The van der Waals surface area contributed by atoms with Gasteiger partial charge in [0.05, 0.1) is 12.1 Å². The van der Waals surface area contributed by atoms with Crippen LogP contribution < -0.4 is 10.6 Å². The number of rotatable bonds is 4. The second-order valence-electron chi connectivity index (χ2n) is 6.27. The van der Waals surface area contributed by atoms with Crippen molar-refractivity contribution in [2.45, 2.75) is 19.1 Å². The van der Waals surface area contributed by atoms with Crippen molar-refractivity contribution in [2.75, 3.05) is 18.4 Å². The molecule has 0 spiro atoms. The van der Waals surface area contributed by atoms with Crippen molar-refractivity contribution in [2.24, 2.45) is 0 Å². The molecule has 146 valence electrons. The minimum atomic E-state index is -4.39. The van der Waals surface area contributed by atoms with Crippen LogP contribution in [0.1, 0.15) is 17.8 Å². The van der Waals surface area contributed by atoms with Crippen LogP contribution in [0, 0.1) is 0 Å². The van der Waals surface area contributed by atoms with Crippen molar-refractivity contribution >= 4 is 23.3 Å². The van der Waals surface area contributed by atoms with E-state index in [1.165, 1.54) is 16.6 Å². The van der Waals surface area contributed by atoms with Crippen LogP contribution in [0.4, 0.5) is 29.6 Å². The molecule has 2 amide bonds. The first kappa shape index (κ1) is 18.0. The lowest BCUT2D eigenvalue weighted by Gasteiger charge is -2.26. The monoisotopic (exact) mass is 391 g/mol. The summed E-state index contributed by atoms with van der Waals surface area (Å²) in [6.07, 6.45) is -1.97. The van der Waals surface area contributed by atoms with Crippen molar-refractivity contribution in [1.82, 2.24) is 29.8 Å². The van der Waals surface area contributed by atoms with E-state index >= 15 is 0 Å². The van der Waals surface area contributed by atoms with Crippen molar-refractivity contribution in [1.29, 1.82) is 0 Å². The molecule has 11 heteroatoms. The minimum absolute atomic E-state index is 0.159. The number of nitrogens with one attached hydrogen (secondary N) is 2. The van der Waals surface area contributed by atoms with Gasteiger partial charge in [-0.05, 0) is 30.7 Å². The zero-order chi connectivity index (χ0) is 19.7. The number of hydrogen-bond acceptors (Lipinski definition) is 5. The van der Waals surface area contributed by atoms with Gasteiger partial charge >= 0.3 is 12.2 Å². The molecule has 3 aromatic rings. The Bertz CT molecular complexity index is 1000. The fourth-order valence-electron chi connectivity index (χ4n) is 2.90. The van der Waals surface area contributed by atoms with Crippen molar-refractivity contribution < 1.29 is 18.0 Å². The van der Waals surface area contributed by atoms with Gasteiger partial charge in [-0.15, -0.1) is 5.10 Å². The molecule has 0 atom stereocenters. The molecule has 2 aromatic heterocycles. The van der Waals surface area contributed by atoms with Gasteiger partial charge in [0.1, 0.15) is 0 Å². The van der Waals surface area contributed by atoms with Gasteiger partial charge in [0.2, 0.25) is 5.95 Å². The van der Waals surface area contributed by atoms with Crippen molar-refractivity contribution in [3.63, 3.8) is 0 Å². The van der Waals surface area contributed by atoms with Gasteiger partial charge in [0.25, 0.3) is 0 Å². The standard InChI is InChI=1S/C17H16F3N7O/c18-17(19,20)11-2-4-12(5-3-11)23-15-24-13-6-8-21-14(27(13)25-15)10-26-9-1-7-22-16(26)28/h2-6,8H,1,7,9-10H2,(H,22,28)(H,23,25). The molecule has 2 N–H and O–H groups in total. The molecule has 28 heavy (non-hydrogen) atoms. The highest BCUT2D eigenvalue weighted by atomic mass is 19.4. The first-order chi connectivity index (χ1) is 13.4. The Kier molecular flexibility index (Phi) is 4.49. The van der Waals surface area contributed by atoms with E-state index in [9.17, 15) is 18.0 Å². The number of aromatic nitrogens is 4. The number of anilines is 2. The lowest BCUT2D eigenvalue weighted by molar-refractivity contribution is -0.137. The number of halogens is 3. The third-order valence-corrected chi connectivity index (χ3v) is 4.29. The van der Waals surface area contributed by atoms with Crippen LogP contribution in [-0.4, -0.2) is 43.6 Å². The largest absolute Gasteiger partial charge is 0.416 e. The van der Waals surface area contributed by atoms with E-state index in [-0.39, 0.29) is 18.5 Å². The van der Waals surface area contributed by atoms with Gasteiger partial charge < -0.3 is 15.5 Å². The lowest BCUT2D eigenvalue weighted by Crippen LogP contribution is -2.46. The molecule has 0 bridgehead atoms. The number of alkyl halides is 3. The first-order valence-electron chi connectivity index (χ1n) is 8.58. The average Bonchev–Trinajstić information content (AvgIpc) is 3.07. The quantitative estimate of drug-likeness (QED) is 0.714. The van der Waals surface area contributed by atoms with E-state index < -0.39 is 11.7 Å². The Morgan fingerprint density at radius 1 is 1.18 bits per heavy atom. The summed E-state index contributed by atoms with van der Waals surface area (Å²) < 4.78 is 39.5. The summed E-state index contributed by atoms with van der Waals surface area (Å²) in [4.78, 5) is 22.2. The third kappa shape index (κ3) is 3.68. The molecule has 0 saturated carbocycles. The predicted molar refractivity (Wildman–Crippen MR) is 93.9 cm³/mol. The van der Waals surface area contributed by atoms with Gasteiger partial charge in [0, 0.05) is 31.0 Å². The van der Waals surface area contributed by atoms with Gasteiger partial charge in [-0.3, -0.25) is 0 Å². The molecule has 8 nitrogen and oxygen atoms in total. The topological polar surface area (TPSA) is 87.5 Å². The van der Waals surface area contributed by atoms with E-state index in [4.69, 9.17) is 0 Å².